The van der Waals surface area contributed by atoms with Crippen LogP contribution in [0.15, 0.2) is 30.0 Å². The fourth-order valence-electron chi connectivity index (χ4n) is 2.03. The standard InChI is InChI=1S/C13H16ClNO/c14-11-7-8-12(15-9-11)13(16)10-5-3-1-2-4-6-10/h5,7-9,13,16H,1-4,6H2. The number of pyridine rings is 1. The van der Waals surface area contributed by atoms with Crippen LogP contribution in [0, 0.1) is 0 Å². The molecule has 3 heteroatoms. The summed E-state index contributed by atoms with van der Waals surface area (Å²) in [6.45, 7) is 0. The van der Waals surface area contributed by atoms with Gasteiger partial charge >= 0.3 is 0 Å². The minimum Gasteiger partial charge on any atom is -0.382 e. The van der Waals surface area contributed by atoms with Gasteiger partial charge in [0.15, 0.2) is 0 Å². The van der Waals surface area contributed by atoms with E-state index in [4.69, 9.17) is 11.6 Å². The second kappa shape index (κ2) is 5.46. The molecule has 0 aliphatic heterocycles. The predicted octanol–water partition coefficient (Wildman–Crippen LogP) is 3.66. The van der Waals surface area contributed by atoms with Gasteiger partial charge in [0.2, 0.25) is 0 Å². The molecule has 0 saturated heterocycles. The van der Waals surface area contributed by atoms with Gasteiger partial charge < -0.3 is 5.11 Å². The van der Waals surface area contributed by atoms with Crippen molar-refractivity contribution in [3.8, 4) is 0 Å². The number of halogens is 1. The van der Waals surface area contributed by atoms with Crippen LogP contribution < -0.4 is 0 Å². The molecule has 1 aliphatic rings. The van der Waals surface area contributed by atoms with Gasteiger partial charge in [-0.1, -0.05) is 24.1 Å². The van der Waals surface area contributed by atoms with Gasteiger partial charge in [0.1, 0.15) is 6.10 Å². The Balaban J connectivity index is 2.14. The molecule has 0 aromatic carbocycles. The van der Waals surface area contributed by atoms with Crippen LogP contribution in [0.2, 0.25) is 5.02 Å². The van der Waals surface area contributed by atoms with E-state index in [1.54, 1.807) is 18.3 Å². The summed E-state index contributed by atoms with van der Waals surface area (Å²) in [4.78, 5) is 4.16. The van der Waals surface area contributed by atoms with Crippen molar-refractivity contribution >= 4 is 11.6 Å². The van der Waals surface area contributed by atoms with Gasteiger partial charge in [-0.25, -0.2) is 0 Å². The highest BCUT2D eigenvalue weighted by atomic mass is 35.5. The first kappa shape index (κ1) is 11.6. The Labute approximate surface area is 101 Å². The van der Waals surface area contributed by atoms with Crippen LogP contribution in [0.5, 0.6) is 0 Å². The normalized spacial score (nSPS) is 18.8. The smallest absolute Gasteiger partial charge is 0.117 e. The van der Waals surface area contributed by atoms with Crippen LogP contribution in [0.4, 0.5) is 0 Å². The molecule has 0 radical (unpaired) electrons. The lowest BCUT2D eigenvalue weighted by Crippen LogP contribution is -2.03. The molecule has 1 aliphatic carbocycles. The lowest BCUT2D eigenvalue weighted by atomic mass is 10.0. The van der Waals surface area contributed by atoms with Crippen molar-refractivity contribution in [3.63, 3.8) is 0 Å². The van der Waals surface area contributed by atoms with Gasteiger partial charge in [0.05, 0.1) is 10.7 Å². The van der Waals surface area contributed by atoms with Crippen molar-refractivity contribution in [2.45, 2.75) is 38.2 Å². The summed E-state index contributed by atoms with van der Waals surface area (Å²) >= 11 is 5.77. The first-order chi connectivity index (χ1) is 7.77. The zero-order chi connectivity index (χ0) is 11.4. The van der Waals surface area contributed by atoms with Crippen LogP contribution in [-0.4, -0.2) is 10.1 Å². The number of allylic oxidation sites excluding steroid dienone is 1. The number of aromatic nitrogens is 1. The molecule has 0 saturated carbocycles. The molecule has 2 nitrogen and oxygen atoms in total. The molecule has 1 N–H and O–H groups in total. The minimum absolute atomic E-state index is 0.560. The van der Waals surface area contributed by atoms with Crippen molar-refractivity contribution in [2.75, 3.05) is 0 Å². The van der Waals surface area contributed by atoms with Gasteiger partial charge in [-0.3, -0.25) is 4.98 Å². The number of nitrogens with zero attached hydrogens (tertiary/aromatic N) is 1. The average Bonchev–Trinajstić information content (AvgIpc) is 2.57. The van der Waals surface area contributed by atoms with E-state index in [9.17, 15) is 5.11 Å². The van der Waals surface area contributed by atoms with E-state index in [0.717, 1.165) is 24.8 Å². The molecule has 1 aromatic rings. The van der Waals surface area contributed by atoms with Crippen molar-refractivity contribution < 1.29 is 5.11 Å². The Kier molecular flexibility index (Phi) is 3.97. The fraction of sp³-hybridized carbons (Fsp3) is 0.462. The maximum atomic E-state index is 10.2. The predicted molar refractivity (Wildman–Crippen MR) is 65.4 cm³/mol. The SMILES string of the molecule is OC(C1=CCCCCC1)c1ccc(Cl)cn1. The summed E-state index contributed by atoms with van der Waals surface area (Å²) in [6.07, 6.45) is 8.87. The van der Waals surface area contributed by atoms with Crippen molar-refractivity contribution in [3.05, 3.63) is 40.7 Å². The van der Waals surface area contributed by atoms with Crippen LogP contribution in [-0.2, 0) is 0 Å². The van der Waals surface area contributed by atoms with Crippen molar-refractivity contribution in [2.24, 2.45) is 0 Å². The molecule has 0 amide bonds. The van der Waals surface area contributed by atoms with Crippen molar-refractivity contribution in [1.29, 1.82) is 0 Å². The molecule has 1 unspecified atom stereocenters. The third-order valence-electron chi connectivity index (χ3n) is 2.96. The Morgan fingerprint density at radius 3 is 2.88 bits per heavy atom. The first-order valence-electron chi connectivity index (χ1n) is 5.76. The quantitative estimate of drug-likeness (QED) is 0.797. The molecule has 86 valence electrons. The maximum absolute atomic E-state index is 10.2. The number of hydrogen-bond donors (Lipinski definition) is 1. The Hall–Kier alpha value is -0.860. The monoisotopic (exact) mass is 237 g/mol. The van der Waals surface area contributed by atoms with Gasteiger partial charge in [-0.15, -0.1) is 0 Å². The largest absolute Gasteiger partial charge is 0.382 e. The summed E-state index contributed by atoms with van der Waals surface area (Å²) in [6, 6.07) is 3.56. The van der Waals surface area contributed by atoms with E-state index in [0.29, 0.717) is 10.7 Å². The average molecular weight is 238 g/mol. The third kappa shape index (κ3) is 2.83. The molecular weight excluding hydrogens is 222 g/mol. The van der Waals surface area contributed by atoms with Crippen LogP contribution in [0.1, 0.15) is 43.9 Å². The lowest BCUT2D eigenvalue weighted by Gasteiger charge is -2.13. The highest BCUT2D eigenvalue weighted by Crippen LogP contribution is 2.28. The second-order valence-corrected chi connectivity index (χ2v) is 4.62. The number of aliphatic hydroxyl groups is 1. The van der Waals surface area contributed by atoms with Crippen LogP contribution >= 0.6 is 11.6 Å². The zero-order valence-electron chi connectivity index (χ0n) is 9.19. The number of rotatable bonds is 2. The highest BCUT2D eigenvalue weighted by Gasteiger charge is 2.15. The minimum atomic E-state index is -0.560. The molecule has 0 spiro atoms. The van der Waals surface area contributed by atoms with E-state index in [1.165, 1.54) is 12.8 Å². The van der Waals surface area contributed by atoms with Gasteiger partial charge in [0.25, 0.3) is 0 Å². The summed E-state index contributed by atoms with van der Waals surface area (Å²) in [5.74, 6) is 0. The molecule has 1 atom stereocenters. The topological polar surface area (TPSA) is 33.1 Å². The summed E-state index contributed by atoms with van der Waals surface area (Å²) in [7, 11) is 0. The summed E-state index contributed by atoms with van der Waals surface area (Å²) in [5, 5.41) is 10.8. The van der Waals surface area contributed by atoms with Crippen LogP contribution in [0.25, 0.3) is 0 Å². The van der Waals surface area contributed by atoms with E-state index in [2.05, 4.69) is 11.1 Å². The molecule has 2 rings (SSSR count). The lowest BCUT2D eigenvalue weighted by molar-refractivity contribution is 0.206. The molecular formula is C13H16ClNO. The number of hydrogen-bond acceptors (Lipinski definition) is 2. The fourth-order valence-corrected chi connectivity index (χ4v) is 2.14. The van der Waals surface area contributed by atoms with Gasteiger partial charge in [-0.2, -0.15) is 0 Å². The Morgan fingerprint density at radius 2 is 2.12 bits per heavy atom. The van der Waals surface area contributed by atoms with Crippen molar-refractivity contribution in [1.82, 2.24) is 4.98 Å². The molecule has 0 bridgehead atoms. The first-order valence-corrected chi connectivity index (χ1v) is 6.13. The molecule has 16 heavy (non-hydrogen) atoms. The van der Waals surface area contributed by atoms with Gasteiger partial charge in [0, 0.05) is 6.20 Å². The van der Waals surface area contributed by atoms with E-state index >= 15 is 0 Å². The Morgan fingerprint density at radius 1 is 1.25 bits per heavy atom. The molecule has 1 heterocycles. The van der Waals surface area contributed by atoms with Crippen LogP contribution in [0.3, 0.4) is 0 Å². The molecule has 0 fully saturated rings. The summed E-state index contributed by atoms with van der Waals surface area (Å²) < 4.78 is 0. The Bertz CT molecular complexity index is 372. The highest BCUT2D eigenvalue weighted by molar-refractivity contribution is 6.30. The third-order valence-corrected chi connectivity index (χ3v) is 3.18. The summed E-state index contributed by atoms with van der Waals surface area (Å²) in [5.41, 5.74) is 1.80. The van der Waals surface area contributed by atoms with E-state index < -0.39 is 6.10 Å². The van der Waals surface area contributed by atoms with E-state index in [-0.39, 0.29) is 0 Å². The zero-order valence-corrected chi connectivity index (χ0v) is 9.95. The maximum Gasteiger partial charge on any atom is 0.117 e. The second-order valence-electron chi connectivity index (χ2n) is 4.18. The van der Waals surface area contributed by atoms with E-state index in [1.807, 2.05) is 0 Å². The number of aliphatic hydroxyl groups excluding tert-OH is 1. The van der Waals surface area contributed by atoms with Gasteiger partial charge in [-0.05, 0) is 43.4 Å². The molecule has 1 aromatic heterocycles.